The lowest BCUT2D eigenvalue weighted by molar-refractivity contribution is -0.148. The lowest BCUT2D eigenvalue weighted by Gasteiger charge is -2.41. The van der Waals surface area contributed by atoms with Crippen molar-refractivity contribution in [2.24, 2.45) is 0 Å². The predicted octanol–water partition coefficient (Wildman–Crippen LogP) is 1.66. The molecule has 0 atom stereocenters. The zero-order valence-corrected chi connectivity index (χ0v) is 9.03. The fourth-order valence-corrected chi connectivity index (χ4v) is 1.89. The number of esters is 1. The van der Waals surface area contributed by atoms with Crippen molar-refractivity contribution in [1.29, 1.82) is 0 Å². The molecule has 3 nitrogen and oxygen atoms in total. The molecule has 0 N–H and O–H groups in total. The van der Waals surface area contributed by atoms with E-state index in [0.29, 0.717) is 13.2 Å². The Labute approximate surface area is 93.2 Å². The lowest BCUT2D eigenvalue weighted by atomic mass is 9.76. The van der Waals surface area contributed by atoms with Crippen LogP contribution in [0, 0.1) is 5.82 Å². The Balaban J connectivity index is 2.24. The van der Waals surface area contributed by atoms with Gasteiger partial charge in [-0.2, -0.15) is 0 Å². The maximum Gasteiger partial charge on any atom is 0.306 e. The zero-order valence-electron chi connectivity index (χ0n) is 9.03. The first kappa shape index (κ1) is 11.1. The van der Waals surface area contributed by atoms with Crippen LogP contribution in [0.3, 0.4) is 0 Å². The van der Waals surface area contributed by atoms with E-state index in [-0.39, 0.29) is 18.2 Å². The highest BCUT2D eigenvalue weighted by Gasteiger charge is 2.42. The van der Waals surface area contributed by atoms with Crippen LogP contribution in [0.4, 0.5) is 4.39 Å². The van der Waals surface area contributed by atoms with Gasteiger partial charge in [0, 0.05) is 0 Å². The first-order valence-corrected chi connectivity index (χ1v) is 5.07. The first-order valence-electron chi connectivity index (χ1n) is 5.07. The van der Waals surface area contributed by atoms with Gasteiger partial charge in [-0.05, 0) is 17.7 Å². The molecule has 1 aromatic carbocycles. The van der Waals surface area contributed by atoms with Crippen molar-refractivity contribution in [3.05, 3.63) is 35.6 Å². The molecule has 86 valence electrons. The van der Waals surface area contributed by atoms with Crippen LogP contribution in [0.1, 0.15) is 12.0 Å². The van der Waals surface area contributed by atoms with Gasteiger partial charge in [-0.25, -0.2) is 4.39 Å². The minimum Gasteiger partial charge on any atom is -0.469 e. The topological polar surface area (TPSA) is 35.5 Å². The van der Waals surface area contributed by atoms with Gasteiger partial charge in [-0.1, -0.05) is 12.1 Å². The standard InChI is InChI=1S/C12H13FO3/c1-15-11(14)6-12(7-16-8-12)9-3-2-4-10(13)5-9/h2-5H,6-8H2,1H3. The minimum absolute atomic E-state index is 0.229. The van der Waals surface area contributed by atoms with E-state index in [1.165, 1.54) is 19.2 Å². The molecule has 0 bridgehead atoms. The molecule has 1 aliphatic rings. The van der Waals surface area contributed by atoms with Crippen LogP contribution in [0.2, 0.25) is 0 Å². The summed E-state index contributed by atoms with van der Waals surface area (Å²) in [7, 11) is 1.35. The summed E-state index contributed by atoms with van der Waals surface area (Å²) < 4.78 is 22.9. The number of hydrogen-bond donors (Lipinski definition) is 0. The SMILES string of the molecule is COC(=O)CC1(c2cccc(F)c2)COC1. The molecular weight excluding hydrogens is 211 g/mol. The molecule has 0 unspecified atom stereocenters. The van der Waals surface area contributed by atoms with Crippen LogP contribution in [0.5, 0.6) is 0 Å². The van der Waals surface area contributed by atoms with Gasteiger partial charge in [-0.15, -0.1) is 0 Å². The average molecular weight is 224 g/mol. The number of carbonyl (C=O) groups excluding carboxylic acids is 1. The van der Waals surface area contributed by atoms with E-state index in [9.17, 15) is 9.18 Å². The van der Waals surface area contributed by atoms with E-state index < -0.39 is 5.41 Å². The number of methoxy groups -OCH3 is 1. The maximum absolute atomic E-state index is 13.1. The van der Waals surface area contributed by atoms with Crippen molar-refractivity contribution < 1.29 is 18.7 Å². The summed E-state index contributed by atoms with van der Waals surface area (Å²) >= 11 is 0. The zero-order chi connectivity index (χ0) is 11.6. The summed E-state index contributed by atoms with van der Waals surface area (Å²) in [5.41, 5.74) is 0.388. The van der Waals surface area contributed by atoms with Crippen LogP contribution >= 0.6 is 0 Å². The third-order valence-corrected chi connectivity index (χ3v) is 2.90. The third kappa shape index (κ3) is 1.93. The Morgan fingerprint density at radius 3 is 2.81 bits per heavy atom. The Morgan fingerprint density at radius 1 is 1.56 bits per heavy atom. The Bertz CT molecular complexity index is 399. The predicted molar refractivity (Wildman–Crippen MR) is 55.5 cm³/mol. The highest BCUT2D eigenvalue weighted by molar-refractivity contribution is 5.71. The van der Waals surface area contributed by atoms with E-state index in [0.717, 1.165) is 5.56 Å². The van der Waals surface area contributed by atoms with E-state index in [1.807, 2.05) is 6.07 Å². The van der Waals surface area contributed by atoms with Crippen LogP contribution in [0.15, 0.2) is 24.3 Å². The summed E-state index contributed by atoms with van der Waals surface area (Å²) in [4.78, 5) is 11.3. The summed E-state index contributed by atoms with van der Waals surface area (Å²) in [5.74, 6) is -0.596. The van der Waals surface area contributed by atoms with E-state index in [4.69, 9.17) is 4.74 Å². The summed E-state index contributed by atoms with van der Waals surface area (Å²) in [5, 5.41) is 0. The number of benzene rings is 1. The lowest BCUT2D eigenvalue weighted by Crippen LogP contribution is -2.48. The van der Waals surface area contributed by atoms with Crippen LogP contribution < -0.4 is 0 Å². The Kier molecular flexibility index (Phi) is 2.92. The van der Waals surface area contributed by atoms with Crippen molar-refractivity contribution in [2.45, 2.75) is 11.8 Å². The third-order valence-electron chi connectivity index (χ3n) is 2.90. The molecule has 16 heavy (non-hydrogen) atoms. The van der Waals surface area contributed by atoms with Crippen molar-refractivity contribution in [3.63, 3.8) is 0 Å². The van der Waals surface area contributed by atoms with Gasteiger partial charge < -0.3 is 9.47 Å². The molecule has 0 spiro atoms. The van der Waals surface area contributed by atoms with Crippen molar-refractivity contribution in [1.82, 2.24) is 0 Å². The molecule has 0 radical (unpaired) electrons. The minimum atomic E-state index is -0.408. The van der Waals surface area contributed by atoms with Crippen molar-refractivity contribution in [3.8, 4) is 0 Å². The van der Waals surface area contributed by atoms with Crippen molar-refractivity contribution in [2.75, 3.05) is 20.3 Å². The highest BCUT2D eigenvalue weighted by atomic mass is 19.1. The van der Waals surface area contributed by atoms with E-state index >= 15 is 0 Å². The molecule has 0 amide bonds. The smallest absolute Gasteiger partial charge is 0.306 e. The van der Waals surface area contributed by atoms with E-state index in [2.05, 4.69) is 4.74 Å². The molecule has 1 fully saturated rings. The fraction of sp³-hybridized carbons (Fsp3) is 0.417. The molecule has 1 saturated heterocycles. The molecule has 1 aromatic rings. The molecule has 2 rings (SSSR count). The molecule has 0 aliphatic carbocycles. The van der Waals surface area contributed by atoms with E-state index in [1.54, 1.807) is 6.07 Å². The van der Waals surface area contributed by atoms with Crippen LogP contribution in [0.25, 0.3) is 0 Å². The van der Waals surface area contributed by atoms with Gasteiger partial charge in [0.25, 0.3) is 0 Å². The molecule has 1 heterocycles. The molecule has 4 heteroatoms. The highest BCUT2D eigenvalue weighted by Crippen LogP contribution is 2.36. The first-order chi connectivity index (χ1) is 7.66. The van der Waals surface area contributed by atoms with Gasteiger partial charge in [0.1, 0.15) is 5.82 Å². The quantitative estimate of drug-likeness (QED) is 0.732. The second-order valence-electron chi connectivity index (χ2n) is 4.04. The summed E-state index contributed by atoms with van der Waals surface area (Å²) in [6.45, 7) is 0.872. The maximum atomic E-state index is 13.1. The van der Waals surface area contributed by atoms with Gasteiger partial charge in [0.05, 0.1) is 32.2 Å². The van der Waals surface area contributed by atoms with Crippen LogP contribution in [-0.4, -0.2) is 26.3 Å². The summed E-state index contributed by atoms with van der Waals surface area (Å²) in [6.07, 6.45) is 0.229. The number of carbonyl (C=O) groups is 1. The second kappa shape index (κ2) is 4.22. The number of ether oxygens (including phenoxy) is 2. The van der Waals surface area contributed by atoms with Crippen molar-refractivity contribution >= 4 is 5.97 Å². The molecule has 0 aromatic heterocycles. The van der Waals surface area contributed by atoms with Gasteiger partial charge in [-0.3, -0.25) is 4.79 Å². The molecular formula is C12H13FO3. The largest absolute Gasteiger partial charge is 0.469 e. The Morgan fingerprint density at radius 2 is 2.31 bits per heavy atom. The molecule has 1 aliphatic heterocycles. The number of rotatable bonds is 3. The number of halogens is 1. The van der Waals surface area contributed by atoms with Gasteiger partial charge >= 0.3 is 5.97 Å². The average Bonchev–Trinajstić information content (AvgIpc) is 2.23. The van der Waals surface area contributed by atoms with Crippen LogP contribution in [-0.2, 0) is 19.7 Å². The monoisotopic (exact) mass is 224 g/mol. The Hall–Kier alpha value is -1.42. The number of hydrogen-bond acceptors (Lipinski definition) is 3. The summed E-state index contributed by atoms with van der Waals surface area (Å²) in [6, 6.07) is 6.29. The molecule has 0 saturated carbocycles. The normalized spacial score (nSPS) is 17.6. The van der Waals surface area contributed by atoms with Gasteiger partial charge in [0.2, 0.25) is 0 Å². The second-order valence-corrected chi connectivity index (χ2v) is 4.04. The fourth-order valence-electron chi connectivity index (χ4n) is 1.89. The van der Waals surface area contributed by atoms with Gasteiger partial charge in [0.15, 0.2) is 0 Å².